The number of hydrogen-bond donors (Lipinski definition) is 1. The molecule has 0 fully saturated rings. The van der Waals surface area contributed by atoms with E-state index in [9.17, 15) is 12.8 Å². The van der Waals surface area contributed by atoms with Gasteiger partial charge in [0.2, 0.25) is 5.52 Å². The molecule has 0 aliphatic rings. The van der Waals surface area contributed by atoms with Crippen molar-refractivity contribution in [3.63, 3.8) is 0 Å². The lowest BCUT2D eigenvalue weighted by Gasteiger charge is -2.02. The van der Waals surface area contributed by atoms with E-state index in [0.29, 0.717) is 6.54 Å². The summed E-state index contributed by atoms with van der Waals surface area (Å²) in [6.45, 7) is 0.419. The normalized spacial score (nSPS) is 12.4. The zero-order valence-electron chi connectivity index (χ0n) is 16.0. The molecule has 0 aliphatic heterocycles. The van der Waals surface area contributed by atoms with Gasteiger partial charge < -0.3 is 4.74 Å². The van der Waals surface area contributed by atoms with Crippen LogP contribution >= 0.6 is 22.7 Å². The molecule has 2 heterocycles. The van der Waals surface area contributed by atoms with E-state index in [0.717, 1.165) is 36.6 Å². The zero-order chi connectivity index (χ0) is 21.3. The molecule has 0 saturated heterocycles. The molecule has 4 rings (SSSR count). The highest BCUT2D eigenvalue weighted by atomic mass is 32.2. The third kappa shape index (κ3) is 4.39. The van der Waals surface area contributed by atoms with Crippen LogP contribution in [0.15, 0.2) is 41.8 Å². The van der Waals surface area contributed by atoms with Crippen LogP contribution in [0.25, 0.3) is 32.5 Å². The monoisotopic (exact) mass is 464 g/mol. The van der Waals surface area contributed by atoms with Gasteiger partial charge in [-0.1, -0.05) is 23.5 Å². The number of thiophene rings is 1. The molecule has 0 aliphatic carbocycles. The zero-order valence-corrected chi connectivity index (χ0v) is 18.5. The van der Waals surface area contributed by atoms with Crippen molar-refractivity contribution < 1.29 is 26.7 Å². The lowest BCUT2D eigenvalue weighted by atomic mass is 10.2. The first-order chi connectivity index (χ1) is 14.4. The van der Waals surface area contributed by atoms with Crippen molar-refractivity contribution in [1.82, 2.24) is 0 Å². The Morgan fingerprint density at radius 2 is 2.07 bits per heavy atom. The topological polar surface area (TPSA) is 67.5 Å². The molecule has 0 saturated carbocycles. The number of benzene rings is 2. The molecular formula is C21H19FNO4S3+. The maximum atomic E-state index is 13.5. The van der Waals surface area contributed by atoms with E-state index >= 15 is 0 Å². The first-order valence-electron chi connectivity index (χ1n) is 9.15. The number of ether oxygens (including phenoxy) is 1. The summed E-state index contributed by atoms with van der Waals surface area (Å²) >= 11 is 3.14. The Morgan fingerprint density at radius 3 is 2.80 bits per heavy atom. The first-order valence-corrected chi connectivity index (χ1v) is 12.5. The Kier molecular flexibility index (Phi) is 5.88. The van der Waals surface area contributed by atoms with E-state index < -0.39 is 10.1 Å². The minimum atomic E-state index is -4.03. The summed E-state index contributed by atoms with van der Waals surface area (Å²) in [4.78, 5) is 0. The quantitative estimate of drug-likeness (QED) is 0.309. The van der Waals surface area contributed by atoms with Crippen molar-refractivity contribution in [2.75, 3.05) is 12.9 Å². The van der Waals surface area contributed by atoms with Gasteiger partial charge in [-0.05, 0) is 35.2 Å². The molecule has 9 heteroatoms. The van der Waals surface area contributed by atoms with Gasteiger partial charge in [0.25, 0.3) is 15.1 Å². The number of fused-ring (bicyclic) bond motifs is 3. The van der Waals surface area contributed by atoms with Gasteiger partial charge in [-0.15, -0.1) is 11.3 Å². The van der Waals surface area contributed by atoms with Crippen molar-refractivity contribution in [3.05, 3.63) is 58.2 Å². The van der Waals surface area contributed by atoms with Crippen LogP contribution in [0.5, 0.6) is 5.75 Å². The summed E-state index contributed by atoms with van der Waals surface area (Å²) in [6, 6.07) is 10.3. The average molecular weight is 465 g/mol. The molecule has 0 atom stereocenters. The Hall–Kier alpha value is -2.33. The molecule has 30 heavy (non-hydrogen) atoms. The fourth-order valence-corrected chi connectivity index (χ4v) is 6.03. The summed E-state index contributed by atoms with van der Waals surface area (Å²) in [5.41, 5.74) is 1.73. The largest absolute Gasteiger partial charge is 0.496 e. The summed E-state index contributed by atoms with van der Waals surface area (Å²) in [5, 5.41) is 3.89. The molecule has 2 aromatic heterocycles. The molecule has 4 aromatic rings. The highest BCUT2D eigenvalue weighted by molar-refractivity contribution is 7.85. The van der Waals surface area contributed by atoms with Crippen molar-refractivity contribution in [1.29, 1.82) is 0 Å². The van der Waals surface area contributed by atoms with E-state index in [1.807, 2.05) is 35.7 Å². The van der Waals surface area contributed by atoms with Crippen LogP contribution in [-0.4, -0.2) is 25.8 Å². The summed E-state index contributed by atoms with van der Waals surface area (Å²) in [5.74, 6) is 0.166. The van der Waals surface area contributed by atoms with Gasteiger partial charge in [-0.3, -0.25) is 4.55 Å². The predicted molar refractivity (Wildman–Crippen MR) is 120 cm³/mol. The molecule has 1 N–H and O–H groups in total. The van der Waals surface area contributed by atoms with Crippen LogP contribution in [0.3, 0.4) is 0 Å². The minimum Gasteiger partial charge on any atom is -0.496 e. The first kappa shape index (κ1) is 20.9. The Labute approximate surface area is 181 Å². The number of aromatic nitrogens is 1. The molecule has 2 aromatic carbocycles. The maximum Gasteiger partial charge on any atom is 0.265 e. The number of thiazole rings is 1. The third-order valence-electron chi connectivity index (χ3n) is 4.66. The maximum absolute atomic E-state index is 13.5. The van der Waals surface area contributed by atoms with Crippen LogP contribution < -0.4 is 9.30 Å². The smallest absolute Gasteiger partial charge is 0.265 e. The highest BCUT2D eigenvalue weighted by Crippen LogP contribution is 2.38. The molecule has 0 bridgehead atoms. The Balaban J connectivity index is 1.84. The van der Waals surface area contributed by atoms with Crippen LogP contribution in [0.1, 0.15) is 17.0 Å². The van der Waals surface area contributed by atoms with E-state index in [4.69, 9.17) is 9.29 Å². The van der Waals surface area contributed by atoms with Crippen LogP contribution in [0.2, 0.25) is 0 Å². The molecule has 0 amide bonds. The molecular weight excluding hydrogens is 445 g/mol. The van der Waals surface area contributed by atoms with Crippen LogP contribution in [0, 0.1) is 5.82 Å². The van der Waals surface area contributed by atoms with Gasteiger partial charge in [0.1, 0.15) is 21.0 Å². The molecule has 0 radical (unpaired) electrons. The standard InChI is InChI=1S/C21H18FNO4S3/c1-27-17-13-18-20(21-16(17)8-10-28-21)23(9-3-11-30(24,25)26)19(29-18)7-6-14-4-2-5-15(22)12-14/h2,4-8,10,12-13H,3,9,11H2,1H3/p+1/b7-6+. The van der Waals surface area contributed by atoms with Crippen LogP contribution in [-0.2, 0) is 16.7 Å². The van der Waals surface area contributed by atoms with Crippen LogP contribution in [0.4, 0.5) is 4.39 Å². The predicted octanol–water partition coefficient (Wildman–Crippen LogP) is 5.00. The van der Waals surface area contributed by atoms with Gasteiger partial charge in [0.05, 0.1) is 12.9 Å². The SMILES string of the molecule is COc1cc2sc(/C=C/c3cccc(F)c3)[n+](CCCS(=O)(=O)O)c2c2sccc12. The van der Waals surface area contributed by atoms with Gasteiger partial charge in [-0.2, -0.15) is 13.0 Å². The van der Waals surface area contributed by atoms with Crippen molar-refractivity contribution in [2.24, 2.45) is 0 Å². The van der Waals surface area contributed by atoms with Gasteiger partial charge >= 0.3 is 0 Å². The lowest BCUT2D eigenvalue weighted by molar-refractivity contribution is -0.667. The number of rotatable bonds is 7. The molecule has 5 nitrogen and oxygen atoms in total. The fraction of sp³-hybridized carbons (Fsp3) is 0.190. The highest BCUT2D eigenvalue weighted by Gasteiger charge is 2.24. The average Bonchev–Trinajstić information content (AvgIpc) is 3.29. The second-order valence-electron chi connectivity index (χ2n) is 6.71. The van der Waals surface area contributed by atoms with E-state index in [1.54, 1.807) is 35.8 Å². The second kappa shape index (κ2) is 8.43. The Bertz CT molecular complexity index is 1360. The van der Waals surface area contributed by atoms with E-state index in [2.05, 4.69) is 4.57 Å². The number of aryl methyl sites for hydroxylation is 1. The summed E-state index contributed by atoms with van der Waals surface area (Å²) in [6.07, 6.45) is 4.00. The molecule has 0 unspecified atom stereocenters. The minimum absolute atomic E-state index is 0.273. The van der Waals surface area contributed by atoms with Gasteiger partial charge in [-0.25, -0.2) is 4.39 Å². The van der Waals surface area contributed by atoms with E-state index in [-0.39, 0.29) is 18.0 Å². The van der Waals surface area contributed by atoms with Crippen molar-refractivity contribution in [3.8, 4) is 5.75 Å². The summed E-state index contributed by atoms with van der Waals surface area (Å²) in [7, 11) is -2.40. The molecule has 0 spiro atoms. The van der Waals surface area contributed by atoms with Crippen molar-refractivity contribution >= 4 is 65.2 Å². The number of hydrogen-bond acceptors (Lipinski definition) is 5. The second-order valence-corrected chi connectivity index (χ2v) is 10.3. The number of nitrogens with zero attached hydrogens (tertiary/aromatic N) is 1. The van der Waals surface area contributed by atoms with Crippen molar-refractivity contribution in [2.45, 2.75) is 13.0 Å². The fourth-order valence-electron chi connectivity index (χ4n) is 3.37. The Morgan fingerprint density at radius 1 is 1.23 bits per heavy atom. The number of methoxy groups -OCH3 is 1. The number of halogens is 1. The lowest BCUT2D eigenvalue weighted by Crippen LogP contribution is -2.36. The van der Waals surface area contributed by atoms with Gasteiger partial charge in [0.15, 0.2) is 6.54 Å². The summed E-state index contributed by atoms with van der Waals surface area (Å²) < 4.78 is 54.7. The molecule has 156 valence electrons. The van der Waals surface area contributed by atoms with E-state index in [1.165, 1.54) is 12.1 Å². The third-order valence-corrected chi connectivity index (χ3v) is 7.49. The van der Waals surface area contributed by atoms with Gasteiger partial charge in [0, 0.05) is 23.9 Å².